The highest BCUT2D eigenvalue weighted by atomic mass is 16.5. The molecule has 1 aromatic carbocycles. The Morgan fingerprint density at radius 3 is 2.62 bits per heavy atom. The zero-order valence-corrected chi connectivity index (χ0v) is 8.84. The molecule has 0 saturated heterocycles. The van der Waals surface area contributed by atoms with Gasteiger partial charge in [0.15, 0.2) is 5.82 Å². The molecule has 16 heavy (non-hydrogen) atoms. The number of rotatable bonds is 3. The number of anilines is 3. The average molecular weight is 216 g/mol. The Kier molecular flexibility index (Phi) is 2.86. The summed E-state index contributed by atoms with van der Waals surface area (Å²) in [5.74, 6) is 0.909. The van der Waals surface area contributed by atoms with Crippen LogP contribution in [0.25, 0.3) is 0 Å². The third-order valence-electron chi connectivity index (χ3n) is 2.08. The molecule has 0 aliphatic rings. The summed E-state index contributed by atoms with van der Waals surface area (Å²) in [6, 6.07) is 9.64. The van der Waals surface area contributed by atoms with E-state index in [0.29, 0.717) is 17.4 Å². The van der Waals surface area contributed by atoms with Crippen LogP contribution in [-0.4, -0.2) is 17.1 Å². The molecule has 2 aromatic rings. The van der Waals surface area contributed by atoms with Crippen LogP contribution in [-0.2, 0) is 0 Å². The van der Waals surface area contributed by atoms with Crippen LogP contribution in [0.5, 0.6) is 5.88 Å². The van der Waals surface area contributed by atoms with Crippen molar-refractivity contribution in [3.63, 3.8) is 0 Å². The number of hydrogen-bond donors (Lipinski definition) is 2. The van der Waals surface area contributed by atoms with Crippen LogP contribution < -0.4 is 15.8 Å². The minimum absolute atomic E-state index is 0.369. The monoisotopic (exact) mass is 216 g/mol. The van der Waals surface area contributed by atoms with Gasteiger partial charge in [-0.1, -0.05) is 18.2 Å². The van der Waals surface area contributed by atoms with Crippen molar-refractivity contribution < 1.29 is 4.74 Å². The molecule has 0 fully saturated rings. The number of nitrogen functional groups attached to an aromatic ring is 1. The normalized spacial score (nSPS) is 9.81. The number of benzene rings is 1. The molecule has 0 aliphatic carbocycles. The first-order valence-corrected chi connectivity index (χ1v) is 4.78. The van der Waals surface area contributed by atoms with Crippen molar-refractivity contribution in [3.8, 4) is 5.88 Å². The summed E-state index contributed by atoms with van der Waals surface area (Å²) in [7, 11) is 1.52. The SMILES string of the molecule is COc1ncnc(Nc2ccccc2)c1N. The Morgan fingerprint density at radius 2 is 1.94 bits per heavy atom. The molecule has 0 unspecified atom stereocenters. The molecule has 0 bridgehead atoms. The first kappa shape index (κ1) is 10.2. The molecule has 0 spiro atoms. The van der Waals surface area contributed by atoms with E-state index in [4.69, 9.17) is 10.5 Å². The number of ether oxygens (including phenoxy) is 1. The fourth-order valence-corrected chi connectivity index (χ4v) is 1.30. The molecule has 1 aromatic heterocycles. The van der Waals surface area contributed by atoms with Crippen molar-refractivity contribution in [3.05, 3.63) is 36.7 Å². The fraction of sp³-hybridized carbons (Fsp3) is 0.0909. The maximum atomic E-state index is 5.83. The molecule has 5 heteroatoms. The van der Waals surface area contributed by atoms with Crippen LogP contribution in [0.2, 0.25) is 0 Å². The zero-order chi connectivity index (χ0) is 11.4. The van der Waals surface area contributed by atoms with Crippen LogP contribution in [0.3, 0.4) is 0 Å². The van der Waals surface area contributed by atoms with Crippen LogP contribution in [0.15, 0.2) is 36.7 Å². The van der Waals surface area contributed by atoms with Crippen LogP contribution in [0, 0.1) is 0 Å². The molecule has 0 amide bonds. The molecule has 3 N–H and O–H groups in total. The lowest BCUT2D eigenvalue weighted by Crippen LogP contribution is -2.02. The van der Waals surface area contributed by atoms with E-state index in [-0.39, 0.29) is 0 Å². The van der Waals surface area contributed by atoms with Crippen LogP contribution in [0.1, 0.15) is 0 Å². The van der Waals surface area contributed by atoms with Gasteiger partial charge in [0, 0.05) is 5.69 Å². The Hall–Kier alpha value is -2.30. The third-order valence-corrected chi connectivity index (χ3v) is 2.08. The first-order chi connectivity index (χ1) is 7.81. The van der Waals surface area contributed by atoms with Gasteiger partial charge >= 0.3 is 0 Å². The van der Waals surface area contributed by atoms with E-state index in [1.54, 1.807) is 0 Å². The van der Waals surface area contributed by atoms with Gasteiger partial charge < -0.3 is 15.8 Å². The van der Waals surface area contributed by atoms with Gasteiger partial charge in [0.2, 0.25) is 5.88 Å². The molecular formula is C11H12N4O. The maximum absolute atomic E-state index is 5.83. The van der Waals surface area contributed by atoms with E-state index in [9.17, 15) is 0 Å². The van der Waals surface area contributed by atoms with Gasteiger partial charge in [-0.25, -0.2) is 4.98 Å². The number of nitrogens with two attached hydrogens (primary N) is 1. The van der Waals surface area contributed by atoms with Gasteiger partial charge in [-0.2, -0.15) is 4.98 Å². The van der Waals surface area contributed by atoms with Gasteiger partial charge in [0.05, 0.1) is 7.11 Å². The van der Waals surface area contributed by atoms with E-state index in [2.05, 4.69) is 15.3 Å². The number of nitrogens with zero attached hydrogens (tertiary/aromatic N) is 2. The topological polar surface area (TPSA) is 73.1 Å². The summed E-state index contributed by atoms with van der Waals surface area (Å²) in [5, 5.41) is 3.09. The van der Waals surface area contributed by atoms with Crippen molar-refractivity contribution in [2.75, 3.05) is 18.2 Å². The lowest BCUT2D eigenvalue weighted by Gasteiger charge is -2.09. The van der Waals surface area contributed by atoms with E-state index in [1.807, 2.05) is 30.3 Å². The Bertz CT molecular complexity index is 473. The van der Waals surface area contributed by atoms with E-state index in [1.165, 1.54) is 13.4 Å². The van der Waals surface area contributed by atoms with Crippen molar-refractivity contribution in [2.24, 2.45) is 0 Å². The molecule has 0 atom stereocenters. The minimum Gasteiger partial charge on any atom is -0.479 e. The number of para-hydroxylation sites is 1. The Balaban J connectivity index is 2.28. The smallest absolute Gasteiger partial charge is 0.242 e. The van der Waals surface area contributed by atoms with Gasteiger partial charge in [-0.3, -0.25) is 0 Å². The molecule has 0 aliphatic heterocycles. The molecule has 82 valence electrons. The van der Waals surface area contributed by atoms with E-state index < -0.39 is 0 Å². The summed E-state index contributed by atoms with van der Waals surface area (Å²) in [5.41, 5.74) is 7.14. The first-order valence-electron chi connectivity index (χ1n) is 4.78. The summed E-state index contributed by atoms with van der Waals surface area (Å²) in [4.78, 5) is 7.96. The summed E-state index contributed by atoms with van der Waals surface area (Å²) in [6.07, 6.45) is 1.40. The van der Waals surface area contributed by atoms with Crippen molar-refractivity contribution in [1.29, 1.82) is 0 Å². The minimum atomic E-state index is 0.369. The summed E-state index contributed by atoms with van der Waals surface area (Å²) < 4.78 is 5.01. The number of nitrogens with one attached hydrogen (secondary N) is 1. The van der Waals surface area contributed by atoms with Gasteiger partial charge in [-0.15, -0.1) is 0 Å². The zero-order valence-electron chi connectivity index (χ0n) is 8.84. The highest BCUT2D eigenvalue weighted by Crippen LogP contribution is 2.26. The van der Waals surface area contributed by atoms with Crippen LogP contribution >= 0.6 is 0 Å². The number of hydrogen-bond acceptors (Lipinski definition) is 5. The second-order valence-corrected chi connectivity index (χ2v) is 3.14. The molecule has 0 saturated carbocycles. The predicted octanol–water partition coefficient (Wildman–Crippen LogP) is 1.81. The summed E-state index contributed by atoms with van der Waals surface area (Å²) in [6.45, 7) is 0. The van der Waals surface area contributed by atoms with Crippen molar-refractivity contribution in [2.45, 2.75) is 0 Å². The summed E-state index contributed by atoms with van der Waals surface area (Å²) >= 11 is 0. The molecule has 2 rings (SSSR count). The molecule has 5 nitrogen and oxygen atoms in total. The predicted molar refractivity (Wildman–Crippen MR) is 62.7 cm³/mol. The average Bonchev–Trinajstić information content (AvgIpc) is 2.33. The third kappa shape index (κ3) is 2.03. The highest BCUT2D eigenvalue weighted by Gasteiger charge is 2.07. The van der Waals surface area contributed by atoms with E-state index in [0.717, 1.165) is 5.69 Å². The standard InChI is InChI=1S/C11H12N4O/c1-16-11-9(12)10(13-7-14-11)15-8-5-3-2-4-6-8/h2-7H,12H2,1H3,(H,13,14,15). The lowest BCUT2D eigenvalue weighted by molar-refractivity contribution is 0.399. The van der Waals surface area contributed by atoms with Gasteiger partial charge in [-0.05, 0) is 12.1 Å². The maximum Gasteiger partial charge on any atom is 0.242 e. The highest BCUT2D eigenvalue weighted by molar-refractivity contribution is 5.71. The number of methoxy groups -OCH3 is 1. The second-order valence-electron chi connectivity index (χ2n) is 3.14. The quantitative estimate of drug-likeness (QED) is 0.818. The Morgan fingerprint density at radius 1 is 1.19 bits per heavy atom. The van der Waals surface area contributed by atoms with Gasteiger partial charge in [0.1, 0.15) is 12.0 Å². The van der Waals surface area contributed by atoms with Gasteiger partial charge in [0.25, 0.3) is 0 Å². The van der Waals surface area contributed by atoms with Crippen LogP contribution in [0.4, 0.5) is 17.2 Å². The van der Waals surface area contributed by atoms with Crippen molar-refractivity contribution >= 4 is 17.2 Å². The number of aromatic nitrogens is 2. The lowest BCUT2D eigenvalue weighted by atomic mass is 10.3. The second kappa shape index (κ2) is 4.48. The molecule has 0 radical (unpaired) electrons. The van der Waals surface area contributed by atoms with E-state index >= 15 is 0 Å². The molecular weight excluding hydrogens is 204 g/mol. The Labute approximate surface area is 93.3 Å². The molecule has 1 heterocycles. The van der Waals surface area contributed by atoms with Crippen molar-refractivity contribution in [1.82, 2.24) is 9.97 Å². The largest absolute Gasteiger partial charge is 0.479 e. The fourth-order valence-electron chi connectivity index (χ4n) is 1.30.